The summed E-state index contributed by atoms with van der Waals surface area (Å²) in [6.45, 7) is 5.94. The van der Waals surface area contributed by atoms with Crippen LogP contribution >= 0.6 is 0 Å². The van der Waals surface area contributed by atoms with Crippen molar-refractivity contribution in [3.05, 3.63) is 42.0 Å². The Morgan fingerprint density at radius 2 is 1.94 bits per heavy atom. The molecule has 0 aliphatic rings. The Kier molecular flexibility index (Phi) is 4.36. The van der Waals surface area contributed by atoms with Crippen LogP contribution in [-0.4, -0.2) is 21.5 Å². The summed E-state index contributed by atoms with van der Waals surface area (Å²) in [5.74, 6) is 0.769. The Morgan fingerprint density at radius 1 is 1.17 bits per heavy atom. The van der Waals surface area contributed by atoms with Gasteiger partial charge in [-0.1, -0.05) is 6.92 Å². The highest BCUT2D eigenvalue weighted by atomic mass is 14.9. The van der Waals surface area contributed by atoms with E-state index in [4.69, 9.17) is 0 Å². The maximum atomic E-state index is 4.57. The molecule has 94 valence electrons. The minimum absolute atomic E-state index is 0.769. The van der Waals surface area contributed by atoms with Crippen LogP contribution in [0, 0.1) is 6.92 Å². The fourth-order valence-corrected chi connectivity index (χ4v) is 1.75. The van der Waals surface area contributed by atoms with Gasteiger partial charge in [0.15, 0.2) is 5.82 Å². The fourth-order valence-electron chi connectivity index (χ4n) is 1.75. The molecule has 0 spiro atoms. The maximum Gasteiger partial charge on any atom is 0.159 e. The normalized spacial score (nSPS) is 10.6. The Labute approximate surface area is 108 Å². The van der Waals surface area contributed by atoms with Crippen molar-refractivity contribution in [1.82, 2.24) is 20.3 Å². The average molecular weight is 242 g/mol. The topological polar surface area (TPSA) is 50.7 Å². The van der Waals surface area contributed by atoms with E-state index in [1.54, 1.807) is 12.4 Å². The third kappa shape index (κ3) is 3.34. The van der Waals surface area contributed by atoms with Gasteiger partial charge in [-0.25, -0.2) is 9.97 Å². The summed E-state index contributed by atoms with van der Waals surface area (Å²) in [7, 11) is 0. The van der Waals surface area contributed by atoms with E-state index < -0.39 is 0 Å². The zero-order valence-corrected chi connectivity index (χ0v) is 10.8. The number of aryl methyl sites for hydroxylation is 1. The van der Waals surface area contributed by atoms with E-state index in [2.05, 4.69) is 27.2 Å². The lowest BCUT2D eigenvalue weighted by atomic mass is 10.2. The first-order valence-electron chi connectivity index (χ1n) is 6.25. The monoisotopic (exact) mass is 242 g/mol. The highest BCUT2D eigenvalue weighted by Gasteiger charge is 2.04. The molecule has 4 nitrogen and oxygen atoms in total. The molecule has 1 N–H and O–H groups in total. The van der Waals surface area contributed by atoms with E-state index in [1.165, 1.54) is 0 Å². The lowest BCUT2D eigenvalue weighted by Gasteiger charge is -2.06. The number of nitrogens with one attached hydrogen (secondary N) is 1. The smallest absolute Gasteiger partial charge is 0.159 e. The Balaban J connectivity index is 2.21. The van der Waals surface area contributed by atoms with Crippen LogP contribution in [0.4, 0.5) is 0 Å². The lowest BCUT2D eigenvalue weighted by Crippen LogP contribution is -2.15. The molecule has 0 amide bonds. The molecule has 2 heterocycles. The number of nitrogens with zero attached hydrogens (tertiary/aromatic N) is 3. The Morgan fingerprint density at radius 3 is 2.67 bits per heavy atom. The molecule has 2 aromatic heterocycles. The van der Waals surface area contributed by atoms with Gasteiger partial charge < -0.3 is 5.32 Å². The predicted molar refractivity (Wildman–Crippen MR) is 72.0 cm³/mol. The van der Waals surface area contributed by atoms with Gasteiger partial charge in [-0.15, -0.1) is 0 Å². The van der Waals surface area contributed by atoms with Crippen molar-refractivity contribution < 1.29 is 0 Å². The third-order valence-electron chi connectivity index (χ3n) is 2.58. The molecular formula is C14H18N4. The first kappa shape index (κ1) is 12.6. The van der Waals surface area contributed by atoms with Gasteiger partial charge in [0.1, 0.15) is 0 Å². The summed E-state index contributed by atoms with van der Waals surface area (Å²) in [6, 6.07) is 5.88. The Hall–Kier alpha value is -1.81. The van der Waals surface area contributed by atoms with Crippen LogP contribution in [0.15, 0.2) is 30.6 Å². The van der Waals surface area contributed by atoms with E-state index in [0.29, 0.717) is 0 Å². The van der Waals surface area contributed by atoms with Gasteiger partial charge in [0, 0.05) is 30.2 Å². The van der Waals surface area contributed by atoms with Crippen LogP contribution in [0.5, 0.6) is 0 Å². The molecule has 0 saturated heterocycles. The van der Waals surface area contributed by atoms with Gasteiger partial charge in [-0.2, -0.15) is 0 Å². The molecule has 0 atom stereocenters. The first-order valence-corrected chi connectivity index (χ1v) is 6.25. The van der Waals surface area contributed by atoms with Gasteiger partial charge >= 0.3 is 0 Å². The summed E-state index contributed by atoms with van der Waals surface area (Å²) < 4.78 is 0. The number of hydrogen-bond acceptors (Lipinski definition) is 4. The molecular weight excluding hydrogens is 224 g/mol. The molecule has 0 unspecified atom stereocenters. The molecule has 18 heavy (non-hydrogen) atoms. The summed E-state index contributed by atoms with van der Waals surface area (Å²) in [5.41, 5.74) is 3.03. The molecule has 0 aromatic carbocycles. The van der Waals surface area contributed by atoms with E-state index in [-0.39, 0.29) is 0 Å². The molecule has 0 saturated carbocycles. The zero-order chi connectivity index (χ0) is 12.8. The molecule has 0 aliphatic heterocycles. The number of pyridine rings is 1. The highest BCUT2D eigenvalue weighted by molar-refractivity contribution is 5.53. The largest absolute Gasteiger partial charge is 0.311 e. The summed E-state index contributed by atoms with van der Waals surface area (Å²) in [4.78, 5) is 13.0. The number of hydrogen-bond donors (Lipinski definition) is 1. The van der Waals surface area contributed by atoms with Crippen molar-refractivity contribution in [2.45, 2.75) is 26.8 Å². The van der Waals surface area contributed by atoms with E-state index in [1.807, 2.05) is 25.1 Å². The fraction of sp³-hybridized carbons (Fsp3) is 0.357. The second-order valence-corrected chi connectivity index (χ2v) is 4.24. The predicted octanol–water partition coefficient (Wildman–Crippen LogP) is 2.35. The van der Waals surface area contributed by atoms with Gasteiger partial charge in [-0.05, 0) is 38.1 Å². The number of aromatic nitrogens is 3. The molecule has 2 aromatic rings. The minimum atomic E-state index is 0.769. The molecule has 4 heteroatoms. The van der Waals surface area contributed by atoms with E-state index in [9.17, 15) is 0 Å². The maximum absolute atomic E-state index is 4.57. The summed E-state index contributed by atoms with van der Waals surface area (Å²) >= 11 is 0. The summed E-state index contributed by atoms with van der Waals surface area (Å²) in [6.07, 6.45) is 4.65. The van der Waals surface area contributed by atoms with Crippen LogP contribution in [0.2, 0.25) is 0 Å². The van der Waals surface area contributed by atoms with Crippen molar-refractivity contribution in [1.29, 1.82) is 0 Å². The van der Waals surface area contributed by atoms with Crippen molar-refractivity contribution in [2.75, 3.05) is 6.54 Å². The van der Waals surface area contributed by atoms with Gasteiger partial charge in [0.05, 0.1) is 5.69 Å². The third-order valence-corrected chi connectivity index (χ3v) is 2.58. The summed E-state index contributed by atoms with van der Waals surface area (Å²) in [5, 5.41) is 3.35. The van der Waals surface area contributed by atoms with Crippen molar-refractivity contribution in [2.24, 2.45) is 0 Å². The average Bonchev–Trinajstić information content (AvgIpc) is 2.39. The van der Waals surface area contributed by atoms with Crippen molar-refractivity contribution >= 4 is 0 Å². The number of rotatable bonds is 5. The molecule has 2 rings (SSSR count). The van der Waals surface area contributed by atoms with Crippen LogP contribution in [0.1, 0.15) is 24.7 Å². The SMILES string of the molecule is CCCNCc1cc(C)nc(-c2ccncc2)n1. The van der Waals surface area contributed by atoms with Gasteiger partial charge in [-0.3, -0.25) is 4.98 Å². The van der Waals surface area contributed by atoms with Crippen LogP contribution in [0.25, 0.3) is 11.4 Å². The molecule has 0 aliphatic carbocycles. The van der Waals surface area contributed by atoms with Gasteiger partial charge in [0.25, 0.3) is 0 Å². The molecule has 0 bridgehead atoms. The second-order valence-electron chi connectivity index (χ2n) is 4.24. The van der Waals surface area contributed by atoms with Crippen LogP contribution in [-0.2, 0) is 6.54 Å². The van der Waals surface area contributed by atoms with Crippen LogP contribution < -0.4 is 5.32 Å². The van der Waals surface area contributed by atoms with Crippen LogP contribution in [0.3, 0.4) is 0 Å². The molecule has 0 fully saturated rings. The van der Waals surface area contributed by atoms with Crippen molar-refractivity contribution in [3.8, 4) is 11.4 Å². The Bertz CT molecular complexity index is 496. The minimum Gasteiger partial charge on any atom is -0.311 e. The van der Waals surface area contributed by atoms with Crippen molar-refractivity contribution in [3.63, 3.8) is 0 Å². The highest BCUT2D eigenvalue weighted by Crippen LogP contribution is 2.14. The van der Waals surface area contributed by atoms with Gasteiger partial charge in [0.2, 0.25) is 0 Å². The zero-order valence-electron chi connectivity index (χ0n) is 10.8. The van der Waals surface area contributed by atoms with E-state index in [0.717, 1.165) is 42.3 Å². The quantitative estimate of drug-likeness (QED) is 0.818. The van der Waals surface area contributed by atoms with E-state index >= 15 is 0 Å². The molecule has 0 radical (unpaired) electrons. The standard InChI is InChI=1S/C14H18N4/c1-3-6-16-10-13-9-11(2)17-14(18-13)12-4-7-15-8-5-12/h4-5,7-9,16H,3,6,10H2,1-2H3. The second kappa shape index (κ2) is 6.21. The lowest BCUT2D eigenvalue weighted by molar-refractivity contribution is 0.662. The first-order chi connectivity index (χ1) is 8.79.